The summed E-state index contributed by atoms with van der Waals surface area (Å²) in [6.07, 6.45) is 5.98. The van der Waals surface area contributed by atoms with Crippen molar-refractivity contribution >= 4 is 23.2 Å². The molecule has 7 nitrogen and oxygen atoms in total. The largest absolute Gasteiger partial charge is 0.383 e. The first-order valence-electron chi connectivity index (χ1n) is 10.9. The average molecular weight is 422 g/mol. The molecule has 7 heteroatoms. The van der Waals surface area contributed by atoms with E-state index in [1.165, 1.54) is 23.5 Å². The number of anilines is 1. The molecule has 0 saturated carbocycles. The number of nitrogen functional groups attached to an aromatic ring is 1. The summed E-state index contributed by atoms with van der Waals surface area (Å²) in [5, 5.41) is 0. The van der Waals surface area contributed by atoms with E-state index in [1.807, 2.05) is 9.80 Å². The van der Waals surface area contributed by atoms with Crippen molar-refractivity contribution < 1.29 is 9.59 Å². The van der Waals surface area contributed by atoms with Gasteiger partial charge >= 0.3 is 0 Å². The second-order valence-corrected chi connectivity index (χ2v) is 9.45. The number of carbonyl (C=O) groups excluding carboxylic acids is 2. The van der Waals surface area contributed by atoms with Gasteiger partial charge in [-0.05, 0) is 29.2 Å². The molecule has 1 aromatic heterocycles. The zero-order valence-corrected chi connectivity index (χ0v) is 18.8. The van der Waals surface area contributed by atoms with Crippen molar-refractivity contribution in [2.45, 2.75) is 40.0 Å². The molecule has 0 spiro atoms. The summed E-state index contributed by atoms with van der Waals surface area (Å²) in [5.74, 6) is 0.868. The lowest BCUT2D eigenvalue weighted by Crippen LogP contribution is -2.42. The molecule has 0 bridgehead atoms. The average Bonchev–Trinajstić information content (AvgIpc) is 3.30. The predicted molar refractivity (Wildman–Crippen MR) is 121 cm³/mol. The molecule has 3 heterocycles. The van der Waals surface area contributed by atoms with Crippen LogP contribution in [0.15, 0.2) is 36.2 Å². The molecule has 31 heavy (non-hydrogen) atoms. The summed E-state index contributed by atoms with van der Waals surface area (Å²) in [6, 6.07) is 0. The quantitative estimate of drug-likeness (QED) is 0.758. The fraction of sp³-hybridized carbons (Fsp3) is 0.500. The van der Waals surface area contributed by atoms with E-state index in [4.69, 9.17) is 5.73 Å². The standard InChI is InChI=1S/C24H31N5O2/c1-6-18(31)28-9-7-16(11-28)19-14(2)22-21(23(25)27-13-26-22)20(19)17-8-10-29(15(3)30)12-24(17,4)5/h6,8,13-14,16H,1,7,9-12H2,2-5H3,(H2,25,26,27). The molecule has 4 rings (SSSR count). The van der Waals surface area contributed by atoms with Gasteiger partial charge in [0.2, 0.25) is 11.8 Å². The van der Waals surface area contributed by atoms with E-state index < -0.39 is 0 Å². The Bertz CT molecular complexity index is 1020. The molecule has 0 radical (unpaired) electrons. The van der Waals surface area contributed by atoms with E-state index in [0.29, 0.717) is 25.5 Å². The highest BCUT2D eigenvalue weighted by Crippen LogP contribution is 2.54. The Balaban J connectivity index is 1.85. The first kappa shape index (κ1) is 21.3. The lowest BCUT2D eigenvalue weighted by molar-refractivity contribution is -0.129. The van der Waals surface area contributed by atoms with Gasteiger partial charge in [0.15, 0.2) is 0 Å². The van der Waals surface area contributed by atoms with Crippen LogP contribution in [0.5, 0.6) is 0 Å². The molecule has 0 aromatic carbocycles. The lowest BCUT2D eigenvalue weighted by Gasteiger charge is -2.40. The summed E-state index contributed by atoms with van der Waals surface area (Å²) in [5.41, 5.74) is 11.6. The Hall–Kier alpha value is -2.96. The molecule has 3 aliphatic rings. The number of rotatable bonds is 3. The Morgan fingerprint density at radius 2 is 2.03 bits per heavy atom. The van der Waals surface area contributed by atoms with E-state index >= 15 is 0 Å². The molecule has 2 aliphatic heterocycles. The van der Waals surface area contributed by atoms with Crippen molar-refractivity contribution in [3.63, 3.8) is 0 Å². The monoisotopic (exact) mass is 421 g/mol. The summed E-state index contributed by atoms with van der Waals surface area (Å²) < 4.78 is 0. The van der Waals surface area contributed by atoms with Crippen LogP contribution in [-0.4, -0.2) is 57.8 Å². The van der Waals surface area contributed by atoms with Crippen molar-refractivity contribution in [3.05, 3.63) is 47.5 Å². The van der Waals surface area contributed by atoms with E-state index in [0.717, 1.165) is 29.8 Å². The third-order valence-corrected chi connectivity index (χ3v) is 6.98. The molecule has 2 N–H and O–H groups in total. The molecule has 1 aromatic rings. The van der Waals surface area contributed by atoms with Gasteiger partial charge in [-0.25, -0.2) is 9.97 Å². The Kier molecular flexibility index (Phi) is 5.23. The first-order chi connectivity index (χ1) is 14.7. The number of allylic oxidation sites excluding steroid dienone is 1. The van der Waals surface area contributed by atoms with Gasteiger partial charge in [0.25, 0.3) is 0 Å². The molecular formula is C24H31N5O2. The van der Waals surface area contributed by atoms with Gasteiger partial charge in [-0.2, -0.15) is 0 Å². The fourth-order valence-corrected chi connectivity index (χ4v) is 5.48. The number of hydrogen-bond acceptors (Lipinski definition) is 5. The number of hydrogen-bond donors (Lipinski definition) is 1. The topological polar surface area (TPSA) is 92.4 Å². The number of nitrogens with two attached hydrogens (primary N) is 1. The van der Waals surface area contributed by atoms with Crippen LogP contribution in [0, 0.1) is 11.3 Å². The second kappa shape index (κ2) is 7.62. The minimum absolute atomic E-state index is 0.0265. The highest BCUT2D eigenvalue weighted by Gasteiger charge is 2.43. The van der Waals surface area contributed by atoms with Crippen molar-refractivity contribution in [1.82, 2.24) is 19.8 Å². The van der Waals surface area contributed by atoms with Gasteiger partial charge in [0, 0.05) is 55.9 Å². The van der Waals surface area contributed by atoms with Gasteiger partial charge in [-0.3, -0.25) is 9.59 Å². The molecule has 1 saturated heterocycles. The normalized spacial score (nSPS) is 24.8. The van der Waals surface area contributed by atoms with E-state index in [-0.39, 0.29) is 29.1 Å². The maximum Gasteiger partial charge on any atom is 0.245 e. The summed E-state index contributed by atoms with van der Waals surface area (Å²) >= 11 is 0. The Morgan fingerprint density at radius 3 is 2.68 bits per heavy atom. The molecular weight excluding hydrogens is 390 g/mol. The van der Waals surface area contributed by atoms with Crippen LogP contribution in [0.1, 0.15) is 51.3 Å². The van der Waals surface area contributed by atoms with Crippen LogP contribution in [0.2, 0.25) is 0 Å². The van der Waals surface area contributed by atoms with Gasteiger partial charge in [0.1, 0.15) is 12.1 Å². The Morgan fingerprint density at radius 1 is 1.29 bits per heavy atom. The zero-order chi connectivity index (χ0) is 22.5. The number of likely N-dealkylation sites (tertiary alicyclic amines) is 1. The molecule has 1 fully saturated rings. The van der Waals surface area contributed by atoms with Crippen molar-refractivity contribution in [2.24, 2.45) is 11.3 Å². The van der Waals surface area contributed by atoms with Crippen LogP contribution < -0.4 is 5.73 Å². The summed E-state index contributed by atoms with van der Waals surface area (Å²) in [6.45, 7) is 14.4. The van der Waals surface area contributed by atoms with Crippen LogP contribution >= 0.6 is 0 Å². The number of amides is 2. The van der Waals surface area contributed by atoms with Gasteiger partial charge in [-0.15, -0.1) is 0 Å². The molecule has 164 valence electrons. The van der Waals surface area contributed by atoms with Crippen molar-refractivity contribution in [3.8, 4) is 0 Å². The van der Waals surface area contributed by atoms with Gasteiger partial charge in [-0.1, -0.05) is 33.4 Å². The maximum absolute atomic E-state index is 12.2. The van der Waals surface area contributed by atoms with Crippen LogP contribution in [0.4, 0.5) is 5.82 Å². The van der Waals surface area contributed by atoms with Crippen molar-refractivity contribution in [2.75, 3.05) is 31.9 Å². The smallest absolute Gasteiger partial charge is 0.245 e. The summed E-state index contributed by atoms with van der Waals surface area (Å²) in [7, 11) is 0. The highest BCUT2D eigenvalue weighted by molar-refractivity contribution is 5.93. The number of fused-ring (bicyclic) bond motifs is 1. The summed E-state index contributed by atoms with van der Waals surface area (Å²) in [4.78, 5) is 36.9. The van der Waals surface area contributed by atoms with Gasteiger partial charge < -0.3 is 15.5 Å². The highest BCUT2D eigenvalue weighted by atomic mass is 16.2. The van der Waals surface area contributed by atoms with Gasteiger partial charge in [0.05, 0.1) is 5.69 Å². The second-order valence-electron chi connectivity index (χ2n) is 9.45. The van der Waals surface area contributed by atoms with E-state index in [1.54, 1.807) is 6.92 Å². The lowest BCUT2D eigenvalue weighted by atomic mass is 9.73. The molecule has 2 amide bonds. The molecule has 1 aliphatic carbocycles. The number of nitrogens with zero attached hydrogens (tertiary/aromatic N) is 4. The maximum atomic E-state index is 12.2. The third-order valence-electron chi connectivity index (χ3n) is 6.98. The van der Waals surface area contributed by atoms with Crippen LogP contribution in [-0.2, 0) is 9.59 Å². The number of carbonyl (C=O) groups is 2. The fourth-order valence-electron chi connectivity index (χ4n) is 5.48. The zero-order valence-electron chi connectivity index (χ0n) is 18.8. The SMILES string of the molecule is C=CC(=O)N1CCC(C2=C(C3=CCN(C(C)=O)CC3(C)C)c3c(N)ncnc3C2C)C1. The van der Waals surface area contributed by atoms with Crippen LogP contribution in [0.25, 0.3) is 5.57 Å². The Labute approximate surface area is 183 Å². The minimum atomic E-state index is -0.247. The van der Waals surface area contributed by atoms with E-state index in [9.17, 15) is 9.59 Å². The molecule has 2 unspecified atom stereocenters. The minimum Gasteiger partial charge on any atom is -0.383 e. The molecule has 2 atom stereocenters. The van der Waals surface area contributed by atoms with Crippen LogP contribution in [0.3, 0.4) is 0 Å². The third kappa shape index (κ3) is 3.46. The van der Waals surface area contributed by atoms with E-state index in [2.05, 4.69) is 43.4 Å². The first-order valence-corrected chi connectivity index (χ1v) is 10.9. The van der Waals surface area contributed by atoms with Crippen molar-refractivity contribution in [1.29, 1.82) is 0 Å². The predicted octanol–water partition coefficient (Wildman–Crippen LogP) is 2.78. The number of aromatic nitrogens is 2.